The molecule has 2 fully saturated rings. The van der Waals surface area contributed by atoms with E-state index in [2.05, 4.69) is 20.7 Å². The zero-order valence-electron chi connectivity index (χ0n) is 24.1. The minimum absolute atomic E-state index is 0.0953. The highest BCUT2D eigenvalue weighted by Gasteiger charge is 2.41. The van der Waals surface area contributed by atoms with Crippen molar-refractivity contribution in [2.24, 2.45) is 11.8 Å². The van der Waals surface area contributed by atoms with Gasteiger partial charge in [-0.1, -0.05) is 0 Å². The van der Waals surface area contributed by atoms with Crippen molar-refractivity contribution in [2.75, 3.05) is 25.2 Å². The van der Waals surface area contributed by atoms with E-state index in [-0.39, 0.29) is 36.0 Å². The molecule has 2 aliphatic carbocycles. The molecular weight excluding hydrogens is 559 g/mol. The van der Waals surface area contributed by atoms with Gasteiger partial charge in [-0.25, -0.2) is 13.4 Å². The average molecular weight is 600 g/mol. The molecule has 0 aliphatic heterocycles. The number of carbonyl (C=O) groups excluding carboxylic acids is 1. The molecule has 0 bridgehead atoms. The van der Waals surface area contributed by atoms with Gasteiger partial charge in [0, 0.05) is 43.2 Å². The number of anilines is 1. The second-order valence-electron chi connectivity index (χ2n) is 11.3. The first-order valence-corrected chi connectivity index (χ1v) is 16.2. The van der Waals surface area contributed by atoms with E-state index in [0.717, 1.165) is 12.8 Å². The summed E-state index contributed by atoms with van der Waals surface area (Å²) in [7, 11) is -1.51. The molecule has 228 valence electrons. The molecule has 2 aromatic rings. The molecule has 4 rings (SSSR count). The Labute approximate surface area is 239 Å². The smallest absolute Gasteiger partial charge is 0.391 e. The molecule has 0 spiro atoms. The summed E-state index contributed by atoms with van der Waals surface area (Å²) in [6.07, 6.45) is 2.51. The van der Waals surface area contributed by atoms with Crippen LogP contribution in [-0.2, 0) is 16.4 Å². The molecule has 0 radical (unpaired) electrons. The van der Waals surface area contributed by atoms with Crippen LogP contribution in [0.25, 0.3) is 11.3 Å². The Morgan fingerprint density at radius 2 is 1.78 bits per heavy atom. The van der Waals surface area contributed by atoms with Crippen molar-refractivity contribution in [2.45, 2.75) is 89.2 Å². The number of nitrogens with zero attached hydrogens (tertiary/aromatic N) is 3. The van der Waals surface area contributed by atoms with Crippen LogP contribution in [0.2, 0.25) is 0 Å². The van der Waals surface area contributed by atoms with Crippen LogP contribution in [0.4, 0.5) is 19.0 Å². The van der Waals surface area contributed by atoms with Crippen molar-refractivity contribution < 1.29 is 31.1 Å². The molecule has 0 atom stereocenters. The van der Waals surface area contributed by atoms with Crippen LogP contribution in [-0.4, -0.2) is 66.5 Å². The SMILES string of the molecule is CCn1nc(C(=O)NCC2CCC(S(C)(=O)=O)CC2)c(C)c1-c1cnc(NC2CCC(C(F)(F)F)CC2)cc1OC. The summed E-state index contributed by atoms with van der Waals surface area (Å²) in [5.74, 6) is -0.286. The molecule has 9 nitrogen and oxygen atoms in total. The van der Waals surface area contributed by atoms with E-state index in [4.69, 9.17) is 4.74 Å². The third-order valence-electron chi connectivity index (χ3n) is 8.54. The van der Waals surface area contributed by atoms with E-state index in [1.165, 1.54) is 13.4 Å². The third kappa shape index (κ3) is 7.34. The summed E-state index contributed by atoms with van der Waals surface area (Å²) in [5, 5.41) is 10.5. The molecular formula is C28H40F3N5O4S. The van der Waals surface area contributed by atoms with Crippen LogP contribution in [0.1, 0.15) is 74.3 Å². The number of methoxy groups -OCH3 is 1. The molecule has 0 unspecified atom stereocenters. The Morgan fingerprint density at radius 1 is 1.12 bits per heavy atom. The number of carbonyl (C=O) groups is 1. The number of halogens is 3. The van der Waals surface area contributed by atoms with Gasteiger partial charge < -0.3 is 15.4 Å². The fourth-order valence-corrected chi connectivity index (χ4v) is 7.19. The average Bonchev–Trinajstić information content (AvgIpc) is 3.27. The molecule has 2 aromatic heterocycles. The van der Waals surface area contributed by atoms with Gasteiger partial charge in [0.25, 0.3) is 5.91 Å². The minimum atomic E-state index is -4.15. The summed E-state index contributed by atoms with van der Waals surface area (Å²) in [6.45, 7) is 4.71. The quantitative estimate of drug-likeness (QED) is 0.410. The first kappa shape index (κ1) is 31.1. The van der Waals surface area contributed by atoms with Crippen LogP contribution in [0.3, 0.4) is 0 Å². The first-order chi connectivity index (χ1) is 19.3. The van der Waals surface area contributed by atoms with Gasteiger partial charge in [0.05, 0.1) is 29.5 Å². The lowest BCUT2D eigenvalue weighted by atomic mass is 9.85. The van der Waals surface area contributed by atoms with E-state index in [1.807, 2.05) is 13.8 Å². The summed E-state index contributed by atoms with van der Waals surface area (Å²) in [6, 6.07) is 1.63. The highest BCUT2D eigenvalue weighted by Crippen LogP contribution is 2.39. The van der Waals surface area contributed by atoms with Crippen molar-refractivity contribution in [3.63, 3.8) is 0 Å². The summed E-state index contributed by atoms with van der Waals surface area (Å²) in [4.78, 5) is 17.7. The maximum atomic E-state index is 13.1. The van der Waals surface area contributed by atoms with Gasteiger partial charge in [-0.3, -0.25) is 9.48 Å². The van der Waals surface area contributed by atoms with Gasteiger partial charge >= 0.3 is 6.18 Å². The number of hydrogen-bond donors (Lipinski definition) is 2. The molecule has 0 saturated heterocycles. The number of hydrogen-bond acceptors (Lipinski definition) is 7. The molecule has 2 aliphatic rings. The van der Waals surface area contributed by atoms with Crippen molar-refractivity contribution in [3.8, 4) is 17.0 Å². The van der Waals surface area contributed by atoms with E-state index >= 15 is 0 Å². The summed E-state index contributed by atoms with van der Waals surface area (Å²) < 4.78 is 70.1. The van der Waals surface area contributed by atoms with Crippen LogP contribution in [0.15, 0.2) is 12.3 Å². The van der Waals surface area contributed by atoms with Gasteiger partial charge in [0.2, 0.25) is 0 Å². The maximum Gasteiger partial charge on any atom is 0.391 e. The lowest BCUT2D eigenvalue weighted by molar-refractivity contribution is -0.182. The Balaban J connectivity index is 1.44. The second kappa shape index (κ2) is 12.6. The van der Waals surface area contributed by atoms with E-state index < -0.39 is 21.9 Å². The molecule has 41 heavy (non-hydrogen) atoms. The monoisotopic (exact) mass is 599 g/mol. The zero-order valence-corrected chi connectivity index (χ0v) is 24.9. The summed E-state index contributed by atoms with van der Waals surface area (Å²) >= 11 is 0. The first-order valence-electron chi connectivity index (χ1n) is 14.2. The number of ether oxygens (including phenoxy) is 1. The number of amides is 1. The number of aromatic nitrogens is 3. The second-order valence-corrected chi connectivity index (χ2v) is 13.7. The highest BCUT2D eigenvalue weighted by atomic mass is 32.2. The zero-order chi connectivity index (χ0) is 29.9. The molecule has 0 aromatic carbocycles. The number of aryl methyl sites for hydroxylation is 1. The fraction of sp³-hybridized carbons (Fsp3) is 0.679. The number of pyridine rings is 1. The van der Waals surface area contributed by atoms with Crippen molar-refractivity contribution in [1.29, 1.82) is 0 Å². The minimum Gasteiger partial charge on any atom is -0.496 e. The lowest BCUT2D eigenvalue weighted by Gasteiger charge is -2.30. The molecule has 2 N–H and O–H groups in total. The predicted molar refractivity (Wildman–Crippen MR) is 151 cm³/mol. The molecule has 13 heteroatoms. The van der Waals surface area contributed by atoms with Gasteiger partial charge in [-0.2, -0.15) is 18.3 Å². The van der Waals surface area contributed by atoms with Crippen molar-refractivity contribution in [3.05, 3.63) is 23.5 Å². The molecule has 1 amide bonds. The van der Waals surface area contributed by atoms with E-state index in [0.29, 0.717) is 72.9 Å². The summed E-state index contributed by atoms with van der Waals surface area (Å²) in [5.41, 5.74) is 2.34. The fourth-order valence-electron chi connectivity index (χ4n) is 6.06. The number of sulfone groups is 1. The van der Waals surface area contributed by atoms with Gasteiger partial charge in [-0.15, -0.1) is 0 Å². The maximum absolute atomic E-state index is 13.1. The lowest BCUT2D eigenvalue weighted by Crippen LogP contribution is -2.34. The van der Waals surface area contributed by atoms with Gasteiger partial charge in [-0.05, 0) is 71.1 Å². The highest BCUT2D eigenvalue weighted by molar-refractivity contribution is 7.91. The van der Waals surface area contributed by atoms with Gasteiger partial charge in [0.15, 0.2) is 5.69 Å². The Hall–Kier alpha value is -2.83. The third-order valence-corrected chi connectivity index (χ3v) is 10.2. The topological polar surface area (TPSA) is 115 Å². The standard InChI is InChI=1S/C28H40F3N5O4S/c1-5-36-26(17(2)25(35-36)27(37)33-15-18-6-12-21(13-7-18)41(4,38)39)22-16-32-24(14-23(22)40-3)34-20-10-8-19(9-11-20)28(29,30)31/h14,16,18-21H,5-13,15H2,1-4H3,(H,32,34)(H,33,37). The number of alkyl halides is 3. The Bertz CT molecular complexity index is 1330. The van der Waals surface area contributed by atoms with Crippen LogP contribution < -0.4 is 15.4 Å². The van der Waals surface area contributed by atoms with Crippen molar-refractivity contribution >= 4 is 21.6 Å². The van der Waals surface area contributed by atoms with Crippen LogP contribution in [0, 0.1) is 18.8 Å². The van der Waals surface area contributed by atoms with Crippen molar-refractivity contribution in [1.82, 2.24) is 20.1 Å². The molecule has 2 heterocycles. The predicted octanol–water partition coefficient (Wildman–Crippen LogP) is 5.15. The van der Waals surface area contributed by atoms with Gasteiger partial charge in [0.1, 0.15) is 21.4 Å². The van der Waals surface area contributed by atoms with E-state index in [1.54, 1.807) is 16.9 Å². The van der Waals surface area contributed by atoms with Crippen LogP contribution >= 0.6 is 0 Å². The normalized spacial score (nSPS) is 23.7. The number of rotatable bonds is 9. The Kier molecular flexibility index (Phi) is 9.55. The van der Waals surface area contributed by atoms with E-state index in [9.17, 15) is 26.4 Å². The van der Waals surface area contributed by atoms with Crippen LogP contribution in [0.5, 0.6) is 5.75 Å². The Morgan fingerprint density at radius 3 is 2.34 bits per heavy atom. The number of nitrogens with one attached hydrogen (secondary N) is 2. The largest absolute Gasteiger partial charge is 0.496 e. The molecule has 2 saturated carbocycles.